The Kier molecular flexibility index (Phi) is 8.14. The van der Waals surface area contributed by atoms with Crippen molar-refractivity contribution in [1.29, 1.82) is 0 Å². The van der Waals surface area contributed by atoms with Gasteiger partial charge in [-0.15, -0.1) is 11.8 Å². The van der Waals surface area contributed by atoms with E-state index in [0.29, 0.717) is 16.8 Å². The molecule has 0 bridgehead atoms. The van der Waals surface area contributed by atoms with Crippen molar-refractivity contribution in [3.8, 4) is 0 Å². The van der Waals surface area contributed by atoms with Crippen molar-refractivity contribution < 1.29 is 26.4 Å². The summed E-state index contributed by atoms with van der Waals surface area (Å²) in [6.45, 7) is 11.0. The number of anilines is 2. The van der Waals surface area contributed by atoms with Crippen molar-refractivity contribution >= 4 is 49.3 Å². The Morgan fingerprint density at radius 2 is 1.47 bits per heavy atom. The molecule has 9 nitrogen and oxygen atoms in total. The van der Waals surface area contributed by atoms with Crippen molar-refractivity contribution in [2.45, 2.75) is 79.7 Å². The highest BCUT2D eigenvalue weighted by Crippen LogP contribution is 2.52. The zero-order valence-corrected chi connectivity index (χ0v) is 28.6. The third-order valence-electron chi connectivity index (χ3n) is 8.49. The van der Waals surface area contributed by atoms with E-state index in [1.807, 2.05) is 34.6 Å². The van der Waals surface area contributed by atoms with Gasteiger partial charge in [-0.05, 0) is 95.2 Å². The van der Waals surface area contributed by atoms with Gasteiger partial charge in [0.1, 0.15) is 5.60 Å². The van der Waals surface area contributed by atoms with Gasteiger partial charge in [0.05, 0.1) is 21.2 Å². The lowest BCUT2D eigenvalue weighted by atomic mass is 9.89. The number of aryl methyl sites for hydroxylation is 2. The van der Waals surface area contributed by atoms with Gasteiger partial charge in [-0.3, -0.25) is 0 Å². The number of sulfonamides is 2. The van der Waals surface area contributed by atoms with Crippen LogP contribution in [0.15, 0.2) is 75.4 Å². The average molecular weight is 670 g/mol. The number of benzene rings is 3. The van der Waals surface area contributed by atoms with Gasteiger partial charge in [-0.25, -0.2) is 21.6 Å². The van der Waals surface area contributed by atoms with Gasteiger partial charge < -0.3 is 14.5 Å². The maximum atomic E-state index is 14.4. The normalized spacial score (nSPS) is 19.8. The van der Waals surface area contributed by atoms with Crippen molar-refractivity contribution in [1.82, 2.24) is 4.90 Å². The van der Waals surface area contributed by atoms with Crippen LogP contribution in [0.4, 0.5) is 16.2 Å². The Hall–Kier alpha value is -3.22. The molecule has 0 aromatic heterocycles. The molecular weight excluding hydrogens is 631 g/mol. The molecule has 12 heteroatoms. The molecule has 1 amide bonds. The molecule has 2 atom stereocenters. The first-order chi connectivity index (χ1) is 21.2. The average Bonchev–Trinajstić information content (AvgIpc) is 3.11. The molecule has 6 rings (SSSR count). The van der Waals surface area contributed by atoms with Crippen LogP contribution in [0.25, 0.3) is 0 Å². The molecule has 0 saturated carbocycles. The summed E-state index contributed by atoms with van der Waals surface area (Å²) < 4.78 is 63.9. The number of hydrogen-bond acceptors (Lipinski definition) is 8. The summed E-state index contributed by atoms with van der Waals surface area (Å²) in [5.74, 6) is 0.688. The number of nitrogens with zero attached hydrogens (tertiary/aromatic N) is 3. The predicted molar refractivity (Wildman–Crippen MR) is 177 cm³/mol. The van der Waals surface area contributed by atoms with Crippen LogP contribution in [-0.2, 0) is 24.8 Å². The zero-order valence-electron chi connectivity index (χ0n) is 26.2. The number of likely N-dealkylation sites (tertiary alicyclic amines) is 1. The van der Waals surface area contributed by atoms with Crippen molar-refractivity contribution in [3.63, 3.8) is 0 Å². The molecule has 3 aliphatic rings. The van der Waals surface area contributed by atoms with E-state index in [2.05, 4.69) is 4.90 Å². The molecule has 3 heterocycles. The molecule has 1 fully saturated rings. The van der Waals surface area contributed by atoms with Crippen LogP contribution in [0.2, 0.25) is 0 Å². The minimum absolute atomic E-state index is 0.0642. The van der Waals surface area contributed by atoms with Crippen LogP contribution in [-0.4, -0.2) is 64.9 Å². The maximum Gasteiger partial charge on any atom is 0.410 e. The lowest BCUT2D eigenvalue weighted by molar-refractivity contribution is 0.0189. The second-order valence-electron chi connectivity index (χ2n) is 13.0. The van der Waals surface area contributed by atoms with E-state index >= 15 is 0 Å². The van der Waals surface area contributed by atoms with E-state index in [9.17, 15) is 21.6 Å². The molecule has 0 aliphatic carbocycles. The molecule has 240 valence electrons. The fraction of sp³-hybridized carbons (Fsp3) is 0.424. The molecule has 0 N–H and O–H groups in total. The Labute approximate surface area is 270 Å². The van der Waals surface area contributed by atoms with E-state index in [4.69, 9.17) is 4.74 Å². The van der Waals surface area contributed by atoms with E-state index in [1.54, 1.807) is 53.1 Å². The summed E-state index contributed by atoms with van der Waals surface area (Å²) in [5.41, 5.74) is 3.01. The lowest BCUT2D eigenvalue weighted by Gasteiger charge is -2.39. The van der Waals surface area contributed by atoms with Crippen LogP contribution in [0.3, 0.4) is 0 Å². The van der Waals surface area contributed by atoms with Crippen LogP contribution >= 0.6 is 11.8 Å². The second kappa shape index (κ2) is 11.5. The number of amides is 1. The molecule has 3 aromatic rings. The molecule has 3 aromatic carbocycles. The van der Waals surface area contributed by atoms with Gasteiger partial charge in [0, 0.05) is 36.5 Å². The number of ether oxygens (including phenoxy) is 1. The van der Waals surface area contributed by atoms with Gasteiger partial charge >= 0.3 is 6.09 Å². The molecule has 2 unspecified atom stereocenters. The Morgan fingerprint density at radius 1 is 0.889 bits per heavy atom. The minimum Gasteiger partial charge on any atom is -0.444 e. The summed E-state index contributed by atoms with van der Waals surface area (Å²) >= 11 is 1.61. The molecular formula is C33H39N3O6S3. The molecule has 0 radical (unpaired) electrons. The highest BCUT2D eigenvalue weighted by Gasteiger charge is 2.47. The largest absolute Gasteiger partial charge is 0.444 e. The lowest BCUT2D eigenvalue weighted by Crippen LogP contribution is -2.49. The number of rotatable bonds is 5. The first-order valence-electron chi connectivity index (χ1n) is 15.2. The van der Waals surface area contributed by atoms with Crippen LogP contribution in [0.5, 0.6) is 0 Å². The zero-order chi connectivity index (χ0) is 32.3. The van der Waals surface area contributed by atoms with E-state index in [1.165, 1.54) is 24.3 Å². The number of carbonyl (C=O) groups is 1. The van der Waals surface area contributed by atoms with E-state index < -0.39 is 25.6 Å². The van der Waals surface area contributed by atoms with Gasteiger partial charge in [0.15, 0.2) is 0 Å². The number of carbonyl (C=O) groups excluding carboxylic acids is 1. The monoisotopic (exact) mass is 669 g/mol. The van der Waals surface area contributed by atoms with Gasteiger partial charge in [0.2, 0.25) is 0 Å². The first kappa shape index (κ1) is 31.7. The highest BCUT2D eigenvalue weighted by molar-refractivity contribution is 8.10. The van der Waals surface area contributed by atoms with E-state index in [-0.39, 0.29) is 33.5 Å². The van der Waals surface area contributed by atoms with Gasteiger partial charge in [-0.2, -0.15) is 3.71 Å². The SMILES string of the molecule is Cc1ccc(S(=O)(=O)N(c2cc3c4c(c2)C2CN(C(=O)OC(C)(C)C)CCC2N4CCCS3)S(=O)(=O)c2ccc(C)cc2)cc1. The quantitative estimate of drug-likeness (QED) is 0.312. The van der Waals surface area contributed by atoms with Crippen LogP contribution in [0, 0.1) is 13.8 Å². The molecule has 45 heavy (non-hydrogen) atoms. The van der Waals surface area contributed by atoms with Crippen LogP contribution in [0.1, 0.15) is 56.2 Å². The Morgan fingerprint density at radius 3 is 2.02 bits per heavy atom. The summed E-state index contributed by atoms with van der Waals surface area (Å²) in [6.07, 6.45) is 1.27. The number of hydrogen-bond donors (Lipinski definition) is 0. The van der Waals surface area contributed by atoms with Crippen molar-refractivity contribution in [2.24, 2.45) is 0 Å². The fourth-order valence-corrected chi connectivity index (χ4v) is 11.1. The molecule has 0 spiro atoms. The third-order valence-corrected chi connectivity index (χ3v) is 13.8. The van der Waals surface area contributed by atoms with Gasteiger partial charge in [0.25, 0.3) is 20.0 Å². The highest BCUT2D eigenvalue weighted by atomic mass is 32.3. The van der Waals surface area contributed by atoms with E-state index in [0.717, 1.165) is 52.4 Å². The predicted octanol–water partition coefficient (Wildman–Crippen LogP) is 6.30. The molecule has 1 saturated heterocycles. The number of piperidine rings is 1. The third kappa shape index (κ3) is 5.92. The summed E-state index contributed by atoms with van der Waals surface area (Å²) in [7, 11) is -9.14. The Bertz CT molecular complexity index is 1760. The van der Waals surface area contributed by atoms with Gasteiger partial charge in [-0.1, -0.05) is 35.4 Å². The maximum absolute atomic E-state index is 14.4. The molecule has 3 aliphatic heterocycles. The van der Waals surface area contributed by atoms with Crippen molar-refractivity contribution in [3.05, 3.63) is 77.4 Å². The standard InChI is InChI=1S/C33H39N3O6S3/c1-22-7-11-25(12-8-22)44(38,39)36(45(40,41)26-13-9-23(2)10-14-26)24-19-27-28-21-34(32(37)42-33(3,4)5)17-15-29(28)35-16-6-18-43-30(20-24)31(27)35/h7-14,19-20,28-29H,6,15-18,21H2,1-5H3. The van der Waals surface area contributed by atoms with Crippen molar-refractivity contribution in [2.75, 3.05) is 34.0 Å². The number of thioether (sulfide) groups is 1. The summed E-state index contributed by atoms with van der Waals surface area (Å²) in [5, 5.41) is 0. The first-order valence-corrected chi connectivity index (χ1v) is 19.0. The smallest absolute Gasteiger partial charge is 0.410 e. The summed E-state index contributed by atoms with van der Waals surface area (Å²) in [4.78, 5) is 17.8. The minimum atomic E-state index is -4.57. The second-order valence-corrected chi connectivity index (χ2v) is 17.9. The Balaban J connectivity index is 1.51. The summed E-state index contributed by atoms with van der Waals surface area (Å²) in [6, 6.07) is 15.9. The fourth-order valence-electron chi connectivity index (χ4n) is 6.41. The number of fused-ring (bicyclic) bond motifs is 3. The topological polar surface area (TPSA) is 104 Å². The van der Waals surface area contributed by atoms with Crippen LogP contribution < -0.4 is 8.61 Å².